The number of amides is 1. The van der Waals surface area contributed by atoms with Gasteiger partial charge < -0.3 is 9.64 Å². The van der Waals surface area contributed by atoms with Gasteiger partial charge >= 0.3 is 0 Å². The van der Waals surface area contributed by atoms with Crippen molar-refractivity contribution in [1.82, 2.24) is 4.90 Å². The van der Waals surface area contributed by atoms with Crippen molar-refractivity contribution in [1.29, 1.82) is 0 Å². The lowest BCUT2D eigenvalue weighted by Gasteiger charge is -2.15. The van der Waals surface area contributed by atoms with Gasteiger partial charge in [-0.15, -0.1) is 11.8 Å². The molecule has 0 aromatic heterocycles. The quantitative estimate of drug-likeness (QED) is 0.591. The maximum atomic E-state index is 12.2. The summed E-state index contributed by atoms with van der Waals surface area (Å²) in [5.41, 5.74) is 2.06. The number of carbonyl (C=O) groups is 1. The standard InChI is InChI=1S/C19H21NO2S/c1-20(14-16-5-4-6-17(13-16)22-2)19(21)12-9-15-7-10-18(23-3)11-8-15/h4-13H,14H2,1-3H3. The molecule has 2 rings (SSSR count). The van der Waals surface area contributed by atoms with E-state index in [4.69, 9.17) is 4.74 Å². The van der Waals surface area contributed by atoms with Crippen LogP contribution >= 0.6 is 11.8 Å². The minimum atomic E-state index is -0.0261. The molecule has 0 aliphatic rings. The van der Waals surface area contributed by atoms with E-state index in [2.05, 4.69) is 12.1 Å². The number of nitrogens with zero attached hydrogens (tertiary/aromatic N) is 1. The molecule has 0 radical (unpaired) electrons. The lowest BCUT2D eigenvalue weighted by Crippen LogP contribution is -2.24. The number of rotatable bonds is 6. The number of ether oxygens (including phenoxy) is 1. The Balaban J connectivity index is 1.96. The van der Waals surface area contributed by atoms with E-state index in [1.807, 2.05) is 48.7 Å². The Morgan fingerprint density at radius 1 is 1.22 bits per heavy atom. The summed E-state index contributed by atoms with van der Waals surface area (Å²) in [5.74, 6) is 0.773. The molecular formula is C19H21NO2S. The van der Waals surface area contributed by atoms with Crippen molar-refractivity contribution < 1.29 is 9.53 Å². The van der Waals surface area contributed by atoms with Gasteiger partial charge in [0.15, 0.2) is 0 Å². The van der Waals surface area contributed by atoms with Crippen LogP contribution in [0.2, 0.25) is 0 Å². The third kappa shape index (κ3) is 5.18. The maximum absolute atomic E-state index is 12.2. The van der Waals surface area contributed by atoms with Crippen molar-refractivity contribution in [3.05, 3.63) is 65.7 Å². The summed E-state index contributed by atoms with van der Waals surface area (Å²) in [4.78, 5) is 15.1. The second-order valence-electron chi connectivity index (χ2n) is 5.15. The molecule has 4 heteroatoms. The summed E-state index contributed by atoms with van der Waals surface area (Å²) in [7, 11) is 3.43. The monoisotopic (exact) mass is 327 g/mol. The fourth-order valence-electron chi connectivity index (χ4n) is 2.13. The van der Waals surface area contributed by atoms with Crippen LogP contribution in [0.25, 0.3) is 6.08 Å². The van der Waals surface area contributed by atoms with Gasteiger partial charge in [0, 0.05) is 24.6 Å². The van der Waals surface area contributed by atoms with Crippen LogP contribution in [0.3, 0.4) is 0 Å². The van der Waals surface area contributed by atoms with E-state index in [0.29, 0.717) is 6.54 Å². The zero-order chi connectivity index (χ0) is 16.7. The number of likely N-dealkylation sites (N-methyl/N-ethyl adjacent to an activating group) is 1. The van der Waals surface area contributed by atoms with Crippen molar-refractivity contribution in [2.45, 2.75) is 11.4 Å². The zero-order valence-electron chi connectivity index (χ0n) is 13.7. The molecule has 0 spiro atoms. The lowest BCUT2D eigenvalue weighted by atomic mass is 10.2. The van der Waals surface area contributed by atoms with E-state index in [9.17, 15) is 4.79 Å². The smallest absolute Gasteiger partial charge is 0.246 e. The first-order chi connectivity index (χ1) is 11.1. The molecule has 120 valence electrons. The number of benzene rings is 2. The van der Waals surface area contributed by atoms with E-state index in [-0.39, 0.29) is 5.91 Å². The Labute approximate surface area is 142 Å². The summed E-state index contributed by atoms with van der Waals surface area (Å²) >= 11 is 1.70. The largest absolute Gasteiger partial charge is 0.497 e. The predicted octanol–water partition coefficient (Wildman–Crippen LogP) is 4.09. The Hall–Kier alpha value is -2.20. The molecule has 23 heavy (non-hydrogen) atoms. The Bertz CT molecular complexity index is 680. The van der Waals surface area contributed by atoms with E-state index >= 15 is 0 Å². The first kappa shape index (κ1) is 17.2. The number of hydrogen-bond acceptors (Lipinski definition) is 3. The number of thioether (sulfide) groups is 1. The maximum Gasteiger partial charge on any atom is 0.246 e. The molecule has 0 aliphatic heterocycles. The van der Waals surface area contributed by atoms with Gasteiger partial charge in [-0.2, -0.15) is 0 Å². The molecule has 1 amide bonds. The molecule has 3 nitrogen and oxygen atoms in total. The average molecular weight is 327 g/mol. The minimum Gasteiger partial charge on any atom is -0.497 e. The molecule has 0 saturated carbocycles. The molecule has 2 aromatic rings. The Kier molecular flexibility index (Phi) is 6.29. The first-order valence-corrected chi connectivity index (χ1v) is 8.55. The molecule has 0 bridgehead atoms. The fraction of sp³-hybridized carbons (Fsp3) is 0.211. The van der Waals surface area contributed by atoms with Gasteiger partial charge in [0.05, 0.1) is 7.11 Å². The summed E-state index contributed by atoms with van der Waals surface area (Å²) in [6.07, 6.45) is 5.49. The molecule has 0 unspecified atom stereocenters. The predicted molar refractivity (Wildman–Crippen MR) is 96.7 cm³/mol. The van der Waals surface area contributed by atoms with Crippen LogP contribution in [0.4, 0.5) is 0 Å². The van der Waals surface area contributed by atoms with Crippen LogP contribution < -0.4 is 4.74 Å². The van der Waals surface area contributed by atoms with Crippen molar-refractivity contribution >= 4 is 23.7 Å². The van der Waals surface area contributed by atoms with Gasteiger partial charge in [-0.3, -0.25) is 4.79 Å². The topological polar surface area (TPSA) is 29.5 Å². The molecule has 0 aliphatic carbocycles. The molecular weight excluding hydrogens is 306 g/mol. The third-order valence-corrected chi connectivity index (χ3v) is 4.21. The highest BCUT2D eigenvalue weighted by atomic mass is 32.2. The zero-order valence-corrected chi connectivity index (χ0v) is 14.5. The van der Waals surface area contributed by atoms with E-state index < -0.39 is 0 Å². The van der Waals surface area contributed by atoms with Crippen LogP contribution in [0, 0.1) is 0 Å². The summed E-state index contributed by atoms with van der Waals surface area (Å²) in [6, 6.07) is 15.9. The first-order valence-electron chi connectivity index (χ1n) is 7.32. The van der Waals surface area contributed by atoms with Crippen LogP contribution in [0.5, 0.6) is 5.75 Å². The second-order valence-corrected chi connectivity index (χ2v) is 6.03. The van der Waals surface area contributed by atoms with Crippen molar-refractivity contribution in [2.24, 2.45) is 0 Å². The summed E-state index contributed by atoms with van der Waals surface area (Å²) < 4.78 is 5.20. The molecule has 0 saturated heterocycles. The molecule has 0 fully saturated rings. The molecule has 2 aromatic carbocycles. The lowest BCUT2D eigenvalue weighted by molar-refractivity contribution is -0.125. The normalized spacial score (nSPS) is 10.7. The van der Waals surface area contributed by atoms with Crippen LogP contribution in [-0.4, -0.2) is 31.2 Å². The number of methoxy groups -OCH3 is 1. The van der Waals surface area contributed by atoms with E-state index in [1.165, 1.54) is 4.90 Å². The molecule has 0 atom stereocenters. The molecule has 0 heterocycles. The van der Waals surface area contributed by atoms with Gasteiger partial charge in [-0.25, -0.2) is 0 Å². The summed E-state index contributed by atoms with van der Waals surface area (Å²) in [6.45, 7) is 0.547. The number of carbonyl (C=O) groups excluding carboxylic acids is 1. The van der Waals surface area contributed by atoms with Gasteiger partial charge in [0.2, 0.25) is 5.91 Å². The average Bonchev–Trinajstić information content (AvgIpc) is 2.60. The summed E-state index contributed by atoms with van der Waals surface area (Å²) in [5, 5.41) is 0. The van der Waals surface area contributed by atoms with Gasteiger partial charge in [0.25, 0.3) is 0 Å². The molecule has 0 N–H and O–H groups in total. The van der Waals surface area contributed by atoms with Crippen molar-refractivity contribution in [3.8, 4) is 5.75 Å². The Morgan fingerprint density at radius 3 is 2.61 bits per heavy atom. The van der Waals surface area contributed by atoms with Gasteiger partial charge in [-0.1, -0.05) is 24.3 Å². The van der Waals surface area contributed by atoms with Crippen LogP contribution in [0.15, 0.2) is 59.5 Å². The third-order valence-electron chi connectivity index (χ3n) is 3.46. The van der Waals surface area contributed by atoms with Gasteiger partial charge in [0.1, 0.15) is 5.75 Å². The van der Waals surface area contributed by atoms with Crippen LogP contribution in [-0.2, 0) is 11.3 Å². The van der Waals surface area contributed by atoms with Crippen LogP contribution in [0.1, 0.15) is 11.1 Å². The highest BCUT2D eigenvalue weighted by Gasteiger charge is 2.06. The van der Waals surface area contributed by atoms with E-state index in [1.54, 1.807) is 36.9 Å². The Morgan fingerprint density at radius 2 is 1.96 bits per heavy atom. The number of hydrogen-bond donors (Lipinski definition) is 0. The van der Waals surface area contributed by atoms with Crippen molar-refractivity contribution in [3.63, 3.8) is 0 Å². The van der Waals surface area contributed by atoms with Crippen molar-refractivity contribution in [2.75, 3.05) is 20.4 Å². The second kappa shape index (κ2) is 8.44. The minimum absolute atomic E-state index is 0.0261. The van der Waals surface area contributed by atoms with E-state index in [0.717, 1.165) is 16.9 Å². The highest BCUT2D eigenvalue weighted by Crippen LogP contribution is 2.16. The SMILES string of the molecule is COc1cccc(CN(C)C(=O)C=Cc2ccc(SC)cc2)c1. The fourth-order valence-corrected chi connectivity index (χ4v) is 2.54. The van der Waals surface area contributed by atoms with Gasteiger partial charge in [-0.05, 0) is 47.7 Å². The highest BCUT2D eigenvalue weighted by molar-refractivity contribution is 7.98.